The number of fused-ring (bicyclic) bond motifs is 1. The summed E-state index contributed by atoms with van der Waals surface area (Å²) in [5.74, 6) is 0.825. The van der Waals surface area contributed by atoms with E-state index in [9.17, 15) is 14.7 Å². The standard InChI is InChI=1S/C32H40N6O5/c1-8-38-21(3)23(18-34-38)19-37(7)30(40)28-25-17-24(39)11-12-26(25)35-29(36-28)22-10-13-27(20(2)16-22)42-15-9-14-33-31(41)43-32(4,5)6/h10-13,16-18,39H,8-9,14-15,19H2,1-7H3,(H,33,41). The van der Waals surface area contributed by atoms with Crippen LogP contribution in [0.3, 0.4) is 0 Å². The van der Waals surface area contributed by atoms with Crippen LogP contribution in [-0.2, 0) is 17.8 Å². The van der Waals surface area contributed by atoms with E-state index in [0.717, 1.165) is 28.9 Å². The van der Waals surface area contributed by atoms with E-state index in [4.69, 9.17) is 19.4 Å². The summed E-state index contributed by atoms with van der Waals surface area (Å²) in [6.07, 6.45) is 1.94. The van der Waals surface area contributed by atoms with Crippen LogP contribution in [0, 0.1) is 13.8 Å². The maximum atomic E-state index is 13.7. The highest BCUT2D eigenvalue weighted by Crippen LogP contribution is 2.29. The normalized spacial score (nSPS) is 11.4. The second-order valence-corrected chi connectivity index (χ2v) is 11.4. The molecule has 2 amide bonds. The van der Waals surface area contributed by atoms with Crippen LogP contribution >= 0.6 is 0 Å². The van der Waals surface area contributed by atoms with Crippen LogP contribution in [0.5, 0.6) is 11.5 Å². The number of nitrogens with zero attached hydrogens (tertiary/aromatic N) is 5. The summed E-state index contributed by atoms with van der Waals surface area (Å²) in [6.45, 7) is 13.3. The molecule has 2 heterocycles. The van der Waals surface area contributed by atoms with Gasteiger partial charge in [0.2, 0.25) is 0 Å². The van der Waals surface area contributed by atoms with Crippen molar-refractivity contribution in [1.82, 2.24) is 30.0 Å². The van der Waals surface area contributed by atoms with Crippen molar-refractivity contribution in [2.75, 3.05) is 20.2 Å². The first-order chi connectivity index (χ1) is 20.4. The molecular formula is C32H40N6O5. The fourth-order valence-electron chi connectivity index (χ4n) is 4.59. The Hall–Kier alpha value is -4.67. The second-order valence-electron chi connectivity index (χ2n) is 11.4. The number of amides is 2. The molecule has 0 aliphatic carbocycles. The molecule has 0 spiro atoms. The van der Waals surface area contributed by atoms with Gasteiger partial charge >= 0.3 is 6.09 Å². The van der Waals surface area contributed by atoms with Crippen LogP contribution in [0.4, 0.5) is 4.79 Å². The van der Waals surface area contributed by atoms with E-state index in [1.165, 1.54) is 6.07 Å². The highest BCUT2D eigenvalue weighted by Gasteiger charge is 2.22. The number of hydrogen-bond donors (Lipinski definition) is 2. The molecule has 0 saturated carbocycles. The van der Waals surface area contributed by atoms with Gasteiger partial charge in [0.1, 0.15) is 22.8 Å². The molecule has 2 N–H and O–H groups in total. The van der Waals surface area contributed by atoms with Gasteiger partial charge in [0.05, 0.1) is 18.3 Å². The number of rotatable bonds is 10. The average molecular weight is 589 g/mol. The number of carbonyl (C=O) groups excluding carboxylic acids is 2. The quantitative estimate of drug-likeness (QED) is 0.235. The zero-order valence-electron chi connectivity index (χ0n) is 25.9. The maximum Gasteiger partial charge on any atom is 0.407 e. The van der Waals surface area contributed by atoms with E-state index in [0.29, 0.717) is 48.6 Å². The molecule has 0 unspecified atom stereocenters. The minimum atomic E-state index is -0.543. The van der Waals surface area contributed by atoms with E-state index in [2.05, 4.69) is 10.4 Å². The number of ether oxygens (including phenoxy) is 2. The van der Waals surface area contributed by atoms with Crippen molar-refractivity contribution in [2.24, 2.45) is 0 Å². The van der Waals surface area contributed by atoms with Crippen molar-refractivity contribution < 1.29 is 24.2 Å². The van der Waals surface area contributed by atoms with Gasteiger partial charge in [-0.2, -0.15) is 5.10 Å². The SMILES string of the molecule is CCn1ncc(CN(C)C(=O)c2nc(-c3ccc(OCCCNC(=O)OC(C)(C)C)c(C)c3)nc3ccc(O)cc23)c1C. The van der Waals surface area contributed by atoms with Gasteiger partial charge in [-0.1, -0.05) is 0 Å². The molecule has 11 heteroatoms. The van der Waals surface area contributed by atoms with Crippen molar-refractivity contribution in [3.05, 3.63) is 65.1 Å². The van der Waals surface area contributed by atoms with E-state index in [-0.39, 0.29) is 17.4 Å². The van der Waals surface area contributed by atoms with Crippen molar-refractivity contribution in [2.45, 2.75) is 66.7 Å². The molecule has 11 nitrogen and oxygen atoms in total. The predicted molar refractivity (Wildman–Crippen MR) is 164 cm³/mol. The number of aryl methyl sites for hydroxylation is 2. The van der Waals surface area contributed by atoms with Crippen LogP contribution in [0.2, 0.25) is 0 Å². The molecule has 0 aliphatic heterocycles. The van der Waals surface area contributed by atoms with Crippen LogP contribution in [0.25, 0.3) is 22.3 Å². The van der Waals surface area contributed by atoms with Gasteiger partial charge in [0, 0.05) is 48.9 Å². The number of nitrogens with one attached hydrogen (secondary N) is 1. The molecule has 0 bridgehead atoms. The molecule has 2 aromatic carbocycles. The zero-order chi connectivity index (χ0) is 31.3. The highest BCUT2D eigenvalue weighted by molar-refractivity contribution is 6.05. The Morgan fingerprint density at radius 1 is 1.09 bits per heavy atom. The Labute approximate surface area is 251 Å². The first kappa shape index (κ1) is 31.3. The Kier molecular flexibility index (Phi) is 9.53. The number of carbonyl (C=O) groups is 2. The summed E-state index contributed by atoms with van der Waals surface area (Å²) in [6, 6.07) is 10.3. The summed E-state index contributed by atoms with van der Waals surface area (Å²) < 4.78 is 13.1. The lowest BCUT2D eigenvalue weighted by atomic mass is 10.1. The number of hydrogen-bond acceptors (Lipinski definition) is 8. The lowest BCUT2D eigenvalue weighted by molar-refractivity contribution is 0.0525. The zero-order valence-corrected chi connectivity index (χ0v) is 25.9. The predicted octanol–water partition coefficient (Wildman–Crippen LogP) is 5.40. The van der Waals surface area contributed by atoms with Gasteiger partial charge in [-0.3, -0.25) is 9.48 Å². The number of benzene rings is 2. The molecule has 43 heavy (non-hydrogen) atoms. The van der Waals surface area contributed by atoms with Crippen LogP contribution in [0.1, 0.15) is 61.4 Å². The molecule has 0 aliphatic rings. The lowest BCUT2D eigenvalue weighted by Crippen LogP contribution is -2.33. The number of aromatic hydroxyl groups is 1. The minimum Gasteiger partial charge on any atom is -0.508 e. The minimum absolute atomic E-state index is 0.0271. The molecule has 2 aromatic heterocycles. The smallest absolute Gasteiger partial charge is 0.407 e. The third-order valence-corrected chi connectivity index (χ3v) is 6.82. The van der Waals surface area contributed by atoms with Crippen LogP contribution in [0.15, 0.2) is 42.6 Å². The second kappa shape index (κ2) is 13.1. The van der Waals surface area contributed by atoms with Gasteiger partial charge in [0.15, 0.2) is 5.82 Å². The topological polar surface area (TPSA) is 132 Å². The Balaban J connectivity index is 1.51. The van der Waals surface area contributed by atoms with Crippen molar-refractivity contribution in [3.8, 4) is 22.9 Å². The highest BCUT2D eigenvalue weighted by atomic mass is 16.6. The van der Waals surface area contributed by atoms with E-state index >= 15 is 0 Å². The van der Waals surface area contributed by atoms with Gasteiger partial charge in [-0.15, -0.1) is 0 Å². The lowest BCUT2D eigenvalue weighted by Gasteiger charge is -2.19. The van der Waals surface area contributed by atoms with Crippen molar-refractivity contribution >= 4 is 22.9 Å². The average Bonchev–Trinajstić information content (AvgIpc) is 3.30. The largest absolute Gasteiger partial charge is 0.508 e. The summed E-state index contributed by atoms with van der Waals surface area (Å²) in [5.41, 5.74) is 3.76. The molecule has 0 saturated heterocycles. The van der Waals surface area contributed by atoms with E-state index in [1.807, 2.05) is 64.4 Å². The van der Waals surface area contributed by atoms with E-state index < -0.39 is 11.7 Å². The molecule has 228 valence electrons. The third kappa shape index (κ3) is 7.79. The molecule has 0 atom stereocenters. The molecule has 4 aromatic rings. The Bertz CT molecular complexity index is 1620. The third-order valence-electron chi connectivity index (χ3n) is 6.82. The first-order valence-electron chi connectivity index (χ1n) is 14.3. The molecular weight excluding hydrogens is 548 g/mol. The summed E-state index contributed by atoms with van der Waals surface area (Å²) in [4.78, 5) is 36.5. The van der Waals surface area contributed by atoms with Gasteiger partial charge < -0.3 is 24.8 Å². The van der Waals surface area contributed by atoms with Crippen LogP contribution < -0.4 is 10.1 Å². The maximum absolute atomic E-state index is 13.7. The number of phenolic OH excluding ortho intramolecular Hbond substituents is 1. The summed E-state index contributed by atoms with van der Waals surface area (Å²) in [5, 5.41) is 17.8. The monoisotopic (exact) mass is 588 g/mol. The molecule has 4 rings (SSSR count). The summed E-state index contributed by atoms with van der Waals surface area (Å²) in [7, 11) is 1.72. The number of alkyl carbamates (subject to hydrolysis) is 1. The van der Waals surface area contributed by atoms with Gasteiger partial charge in [-0.25, -0.2) is 14.8 Å². The molecule has 0 fully saturated rings. The van der Waals surface area contributed by atoms with Gasteiger partial charge in [0.25, 0.3) is 5.91 Å². The summed E-state index contributed by atoms with van der Waals surface area (Å²) >= 11 is 0. The fourth-order valence-corrected chi connectivity index (χ4v) is 4.59. The molecule has 0 radical (unpaired) electrons. The van der Waals surface area contributed by atoms with Gasteiger partial charge in [-0.05, 0) is 89.9 Å². The van der Waals surface area contributed by atoms with Crippen molar-refractivity contribution in [3.63, 3.8) is 0 Å². The fraction of sp³-hybridized carbons (Fsp3) is 0.406. The Morgan fingerprint density at radius 2 is 1.86 bits per heavy atom. The first-order valence-corrected chi connectivity index (χ1v) is 14.3. The number of phenols is 1. The van der Waals surface area contributed by atoms with Crippen molar-refractivity contribution in [1.29, 1.82) is 0 Å². The van der Waals surface area contributed by atoms with E-state index in [1.54, 1.807) is 30.3 Å². The Morgan fingerprint density at radius 3 is 2.53 bits per heavy atom. The number of aromatic nitrogens is 4. The van der Waals surface area contributed by atoms with Crippen LogP contribution in [-0.4, -0.2) is 67.6 Å².